The Balaban J connectivity index is 2.29. The Labute approximate surface area is 211 Å². The molecule has 1 amide bonds. The van der Waals surface area contributed by atoms with Gasteiger partial charge in [-0.1, -0.05) is 50.5 Å². The summed E-state index contributed by atoms with van der Waals surface area (Å²) in [7, 11) is 4.08. The number of carbonyl (C=O) groups is 1. The van der Waals surface area contributed by atoms with E-state index in [-0.39, 0.29) is 23.2 Å². The maximum atomic E-state index is 12.0. The molecule has 0 aliphatic heterocycles. The second kappa shape index (κ2) is 18.4. The van der Waals surface area contributed by atoms with Crippen molar-refractivity contribution in [1.29, 1.82) is 0 Å². The predicted molar refractivity (Wildman–Crippen MR) is 142 cm³/mol. The number of hydrogen-bond donors (Lipinski definition) is 5. The van der Waals surface area contributed by atoms with Gasteiger partial charge in [0.05, 0.1) is 18.3 Å². The molecule has 1 rings (SSSR count). The number of amides is 1. The summed E-state index contributed by atoms with van der Waals surface area (Å²) in [6, 6.07) is 0. The molecule has 0 radical (unpaired) electrons. The van der Waals surface area contributed by atoms with Crippen LogP contribution < -0.4 is 11.1 Å². The standard InChI is InChI=1S/C26H49N3O4S/c1-4-5-8-12-20(30)15-16-22-21(23(31)19-24(22)32)13-9-6-7-10-14-25(33)28-26(27)34-18-11-17-29(2)3/h6,9,15-16,20-24,26,30-32H,4-5,7-8,10-14,17-19,27H2,1-3H3,(H,28,33)/b9-6-,16-15+/t20-,21+,22+,23-,24+,26?/m0/s1. The quantitative estimate of drug-likeness (QED) is 0.112. The molecule has 1 unspecified atom stereocenters. The Morgan fingerprint density at radius 3 is 2.65 bits per heavy atom. The Morgan fingerprint density at radius 2 is 1.94 bits per heavy atom. The lowest BCUT2D eigenvalue weighted by molar-refractivity contribution is -0.121. The van der Waals surface area contributed by atoms with E-state index in [1.165, 1.54) is 0 Å². The molecule has 198 valence electrons. The molecule has 0 bridgehead atoms. The van der Waals surface area contributed by atoms with Crippen LogP contribution in [0.2, 0.25) is 0 Å². The summed E-state index contributed by atoms with van der Waals surface area (Å²) in [5, 5.41) is 33.7. The summed E-state index contributed by atoms with van der Waals surface area (Å²) in [6.45, 7) is 3.14. The third kappa shape index (κ3) is 13.9. The van der Waals surface area contributed by atoms with Gasteiger partial charge in [0.15, 0.2) is 0 Å². The summed E-state index contributed by atoms with van der Waals surface area (Å²) < 4.78 is 0. The van der Waals surface area contributed by atoms with E-state index in [1.54, 1.807) is 17.8 Å². The van der Waals surface area contributed by atoms with Crippen LogP contribution in [0.15, 0.2) is 24.3 Å². The van der Waals surface area contributed by atoms with Gasteiger partial charge < -0.3 is 31.3 Å². The van der Waals surface area contributed by atoms with Gasteiger partial charge in [-0.05, 0) is 64.4 Å². The maximum Gasteiger partial charge on any atom is 0.221 e. The zero-order valence-corrected chi connectivity index (χ0v) is 22.3. The first-order chi connectivity index (χ1) is 16.2. The molecule has 1 saturated carbocycles. The molecule has 6 atom stereocenters. The first-order valence-corrected chi connectivity index (χ1v) is 14.0. The molecule has 1 aliphatic carbocycles. The summed E-state index contributed by atoms with van der Waals surface area (Å²) in [5.41, 5.74) is 5.60. The van der Waals surface area contributed by atoms with Gasteiger partial charge in [0.25, 0.3) is 0 Å². The molecule has 0 aromatic heterocycles. The highest BCUT2D eigenvalue weighted by molar-refractivity contribution is 7.99. The Bertz CT molecular complexity index is 603. The number of unbranched alkanes of at least 4 members (excludes halogenated alkanes) is 3. The highest BCUT2D eigenvalue weighted by Gasteiger charge is 2.39. The lowest BCUT2D eigenvalue weighted by Crippen LogP contribution is -2.39. The van der Waals surface area contributed by atoms with Crippen molar-refractivity contribution >= 4 is 17.7 Å². The number of nitrogens with one attached hydrogen (secondary N) is 1. The Kier molecular flexibility index (Phi) is 16.8. The number of thioether (sulfide) groups is 1. The molecular weight excluding hydrogens is 450 g/mol. The van der Waals surface area contributed by atoms with Gasteiger partial charge in [-0.25, -0.2) is 0 Å². The first-order valence-electron chi connectivity index (χ1n) is 12.9. The molecule has 0 heterocycles. The summed E-state index contributed by atoms with van der Waals surface area (Å²) in [6.07, 6.45) is 14.1. The fraction of sp³-hybridized carbons (Fsp3) is 0.808. The second-order valence-electron chi connectivity index (χ2n) is 9.67. The van der Waals surface area contributed by atoms with Crippen molar-refractivity contribution in [1.82, 2.24) is 10.2 Å². The highest BCUT2D eigenvalue weighted by Crippen LogP contribution is 2.36. The van der Waals surface area contributed by atoms with Gasteiger partial charge in [0.2, 0.25) is 5.91 Å². The van der Waals surface area contributed by atoms with Gasteiger partial charge in [0.1, 0.15) is 5.50 Å². The van der Waals surface area contributed by atoms with E-state index in [0.29, 0.717) is 19.3 Å². The molecule has 7 nitrogen and oxygen atoms in total. The van der Waals surface area contributed by atoms with Crippen LogP contribution >= 0.6 is 11.8 Å². The maximum absolute atomic E-state index is 12.0. The minimum absolute atomic E-state index is 0.0296. The van der Waals surface area contributed by atoms with Crippen molar-refractivity contribution in [2.24, 2.45) is 17.6 Å². The van der Waals surface area contributed by atoms with Gasteiger partial charge in [-0.2, -0.15) is 0 Å². The third-order valence-corrected chi connectivity index (χ3v) is 7.28. The summed E-state index contributed by atoms with van der Waals surface area (Å²) >= 11 is 1.56. The van der Waals surface area contributed by atoms with Gasteiger partial charge in [-0.3, -0.25) is 4.79 Å². The van der Waals surface area contributed by atoms with Crippen LogP contribution in [-0.4, -0.2) is 76.3 Å². The number of carbonyl (C=O) groups excluding carboxylic acids is 1. The average molecular weight is 500 g/mol. The lowest BCUT2D eigenvalue weighted by atomic mass is 9.89. The molecule has 6 N–H and O–H groups in total. The fourth-order valence-electron chi connectivity index (χ4n) is 4.28. The number of aliphatic hydroxyl groups is 3. The minimum Gasteiger partial charge on any atom is -0.393 e. The van der Waals surface area contributed by atoms with Crippen molar-refractivity contribution in [2.75, 3.05) is 26.4 Å². The van der Waals surface area contributed by atoms with Crippen molar-refractivity contribution < 1.29 is 20.1 Å². The smallest absolute Gasteiger partial charge is 0.221 e. The van der Waals surface area contributed by atoms with Crippen LogP contribution in [0, 0.1) is 11.8 Å². The summed E-state index contributed by atoms with van der Waals surface area (Å²) in [5.74, 6) is 0.676. The van der Waals surface area contributed by atoms with Crippen LogP contribution in [0.1, 0.15) is 71.1 Å². The normalized spacial score (nSPS) is 24.9. The molecule has 0 saturated heterocycles. The van der Waals surface area contributed by atoms with Gasteiger partial charge in [0, 0.05) is 18.8 Å². The zero-order valence-electron chi connectivity index (χ0n) is 21.4. The van der Waals surface area contributed by atoms with E-state index < -0.39 is 18.3 Å². The summed E-state index contributed by atoms with van der Waals surface area (Å²) in [4.78, 5) is 14.2. The number of rotatable bonds is 18. The van der Waals surface area contributed by atoms with Crippen LogP contribution in [0.25, 0.3) is 0 Å². The highest BCUT2D eigenvalue weighted by atomic mass is 32.2. The number of nitrogens with zero attached hydrogens (tertiary/aromatic N) is 1. The van der Waals surface area contributed by atoms with Crippen LogP contribution in [0.5, 0.6) is 0 Å². The largest absolute Gasteiger partial charge is 0.393 e. The van der Waals surface area contributed by atoms with Crippen molar-refractivity contribution in [3.05, 3.63) is 24.3 Å². The van der Waals surface area contributed by atoms with E-state index in [4.69, 9.17) is 5.73 Å². The molecule has 0 aromatic carbocycles. The van der Waals surface area contributed by atoms with E-state index in [0.717, 1.165) is 57.2 Å². The van der Waals surface area contributed by atoms with Crippen LogP contribution in [0.3, 0.4) is 0 Å². The molecule has 34 heavy (non-hydrogen) atoms. The first kappa shape index (κ1) is 31.1. The number of nitrogens with two attached hydrogens (primary N) is 1. The van der Waals surface area contributed by atoms with Gasteiger partial charge >= 0.3 is 0 Å². The molecular formula is C26H49N3O4S. The monoisotopic (exact) mass is 499 g/mol. The molecule has 8 heteroatoms. The van der Waals surface area contributed by atoms with E-state index >= 15 is 0 Å². The predicted octanol–water partition coefficient (Wildman–Crippen LogP) is 3.00. The minimum atomic E-state index is -0.582. The topological polar surface area (TPSA) is 119 Å². The van der Waals surface area contributed by atoms with Crippen LogP contribution in [-0.2, 0) is 4.79 Å². The molecule has 1 aliphatic rings. The fourth-order valence-corrected chi connectivity index (χ4v) is 5.04. The van der Waals surface area contributed by atoms with Crippen molar-refractivity contribution in [2.45, 2.75) is 94.9 Å². The van der Waals surface area contributed by atoms with Crippen molar-refractivity contribution in [3.63, 3.8) is 0 Å². The van der Waals surface area contributed by atoms with E-state index in [2.05, 4.69) is 17.1 Å². The Morgan fingerprint density at radius 1 is 1.18 bits per heavy atom. The lowest BCUT2D eigenvalue weighted by Gasteiger charge is -2.19. The molecule has 0 spiro atoms. The second-order valence-corrected chi connectivity index (χ2v) is 10.9. The molecule has 1 fully saturated rings. The molecule has 0 aromatic rings. The number of allylic oxidation sites excluding steroid dienone is 2. The average Bonchev–Trinajstić information content (AvgIpc) is 3.04. The SMILES string of the molecule is CCCCC[C@H](O)/C=C/[C@@H]1[C@@H](C/C=C\CCCC(=O)NC(N)SCCCN(C)C)[C@@H](O)C[C@H]1O. The van der Waals surface area contributed by atoms with E-state index in [9.17, 15) is 20.1 Å². The number of aliphatic hydroxyl groups excluding tert-OH is 3. The van der Waals surface area contributed by atoms with Crippen LogP contribution in [0.4, 0.5) is 0 Å². The zero-order chi connectivity index (χ0) is 25.3. The van der Waals surface area contributed by atoms with Gasteiger partial charge in [-0.15, -0.1) is 11.8 Å². The number of hydrogen-bond acceptors (Lipinski definition) is 7. The van der Waals surface area contributed by atoms with Crippen molar-refractivity contribution in [3.8, 4) is 0 Å². The van der Waals surface area contributed by atoms with E-state index in [1.807, 2.05) is 32.3 Å². The Hall–Kier alpha value is -0.900. The third-order valence-electron chi connectivity index (χ3n) is 6.27.